The van der Waals surface area contributed by atoms with Crippen molar-refractivity contribution in [3.8, 4) is 0 Å². The summed E-state index contributed by atoms with van der Waals surface area (Å²) >= 11 is 0. The minimum absolute atomic E-state index is 0.0119. The topological polar surface area (TPSA) is 44.9 Å². The molecule has 136 valence electrons. The zero-order valence-electron chi connectivity index (χ0n) is 15.3. The first-order valence-electron chi connectivity index (χ1n) is 9.25. The molecule has 1 atom stereocenters. The van der Waals surface area contributed by atoms with Crippen molar-refractivity contribution in [3.63, 3.8) is 0 Å². The van der Waals surface area contributed by atoms with Gasteiger partial charge in [-0.15, -0.1) is 0 Å². The van der Waals surface area contributed by atoms with E-state index in [-0.39, 0.29) is 17.6 Å². The summed E-state index contributed by atoms with van der Waals surface area (Å²) in [6, 6.07) is 12.8. The molecule has 0 fully saturated rings. The Kier molecular flexibility index (Phi) is 5.71. The average Bonchev–Trinajstić information content (AvgIpc) is 3.08. The van der Waals surface area contributed by atoms with E-state index in [0.29, 0.717) is 13.0 Å². The molecule has 2 N–H and O–H groups in total. The molecule has 26 heavy (non-hydrogen) atoms. The Morgan fingerprint density at radius 2 is 2.00 bits per heavy atom. The highest BCUT2D eigenvalue weighted by Gasteiger charge is 2.22. The van der Waals surface area contributed by atoms with Gasteiger partial charge in [0.1, 0.15) is 5.82 Å². The molecule has 0 spiro atoms. The van der Waals surface area contributed by atoms with Crippen LogP contribution in [-0.2, 0) is 11.2 Å². The number of nitrogens with one attached hydrogen (secondary N) is 2. The maximum absolute atomic E-state index is 13.8. The highest BCUT2D eigenvalue weighted by Crippen LogP contribution is 2.34. The van der Waals surface area contributed by atoms with Crippen molar-refractivity contribution in [2.45, 2.75) is 39.0 Å². The van der Waals surface area contributed by atoms with E-state index < -0.39 is 0 Å². The van der Waals surface area contributed by atoms with Gasteiger partial charge in [-0.2, -0.15) is 0 Å². The summed E-state index contributed by atoms with van der Waals surface area (Å²) in [6.45, 7) is 4.80. The molecule has 0 unspecified atom stereocenters. The standard InChI is InChI=1S/C22H25FN2O/c1-3-11-24-21(26)13-19(16-8-5-9-17(23)12-16)20-14-25-22-15(4-2)7-6-10-18(20)22/h5-10,12,14,19,25H,3-4,11,13H2,1-2H3,(H,24,26)/t19-/m0/s1. The Labute approximate surface area is 153 Å². The Bertz CT molecular complexity index is 900. The highest BCUT2D eigenvalue weighted by atomic mass is 19.1. The monoisotopic (exact) mass is 352 g/mol. The van der Waals surface area contributed by atoms with Crippen LogP contribution in [0.25, 0.3) is 10.9 Å². The van der Waals surface area contributed by atoms with Crippen molar-refractivity contribution in [1.82, 2.24) is 10.3 Å². The number of carbonyl (C=O) groups is 1. The number of amides is 1. The molecule has 1 amide bonds. The van der Waals surface area contributed by atoms with Gasteiger partial charge in [0.15, 0.2) is 0 Å². The second-order valence-corrected chi connectivity index (χ2v) is 6.60. The third kappa shape index (κ3) is 3.79. The highest BCUT2D eigenvalue weighted by molar-refractivity contribution is 5.88. The van der Waals surface area contributed by atoms with Crippen LogP contribution in [0.3, 0.4) is 0 Å². The summed E-state index contributed by atoms with van der Waals surface area (Å²) in [4.78, 5) is 15.8. The van der Waals surface area contributed by atoms with Crippen LogP contribution >= 0.6 is 0 Å². The lowest BCUT2D eigenvalue weighted by atomic mass is 9.87. The lowest BCUT2D eigenvalue weighted by Crippen LogP contribution is -2.26. The molecular formula is C22H25FN2O. The zero-order valence-corrected chi connectivity index (χ0v) is 15.3. The van der Waals surface area contributed by atoms with E-state index in [9.17, 15) is 9.18 Å². The predicted octanol–water partition coefficient (Wildman–Crippen LogP) is 4.92. The number of fused-ring (bicyclic) bond motifs is 1. The van der Waals surface area contributed by atoms with Gasteiger partial charge in [0.2, 0.25) is 5.91 Å². The quantitative estimate of drug-likeness (QED) is 0.623. The van der Waals surface area contributed by atoms with E-state index in [0.717, 1.165) is 34.9 Å². The second-order valence-electron chi connectivity index (χ2n) is 6.60. The maximum Gasteiger partial charge on any atom is 0.220 e. The fourth-order valence-electron chi connectivity index (χ4n) is 3.47. The lowest BCUT2D eigenvalue weighted by molar-refractivity contribution is -0.121. The summed E-state index contributed by atoms with van der Waals surface area (Å²) < 4.78 is 13.8. The van der Waals surface area contributed by atoms with Crippen molar-refractivity contribution in [3.05, 3.63) is 71.2 Å². The first kappa shape index (κ1) is 18.2. The molecule has 0 radical (unpaired) electrons. The van der Waals surface area contributed by atoms with E-state index in [2.05, 4.69) is 29.4 Å². The van der Waals surface area contributed by atoms with Gasteiger partial charge >= 0.3 is 0 Å². The number of carbonyl (C=O) groups excluding carboxylic acids is 1. The first-order chi connectivity index (χ1) is 12.6. The van der Waals surface area contributed by atoms with Gasteiger partial charge in [0.25, 0.3) is 0 Å². The Balaban J connectivity index is 2.04. The van der Waals surface area contributed by atoms with E-state index in [1.165, 1.54) is 17.7 Å². The number of aromatic nitrogens is 1. The van der Waals surface area contributed by atoms with Gasteiger partial charge in [-0.1, -0.05) is 44.2 Å². The number of hydrogen-bond acceptors (Lipinski definition) is 1. The molecular weight excluding hydrogens is 327 g/mol. The first-order valence-corrected chi connectivity index (χ1v) is 9.25. The zero-order chi connectivity index (χ0) is 18.5. The van der Waals surface area contributed by atoms with Gasteiger partial charge in [-0.25, -0.2) is 4.39 Å². The van der Waals surface area contributed by atoms with Crippen molar-refractivity contribution >= 4 is 16.8 Å². The van der Waals surface area contributed by atoms with Crippen LogP contribution in [0.1, 0.15) is 49.3 Å². The molecule has 1 heterocycles. The van der Waals surface area contributed by atoms with Crippen LogP contribution in [0.15, 0.2) is 48.7 Å². The van der Waals surface area contributed by atoms with E-state index in [1.807, 2.05) is 25.3 Å². The molecule has 0 saturated carbocycles. The SMILES string of the molecule is CCCNC(=O)C[C@@H](c1cccc(F)c1)c1c[nH]c2c(CC)cccc12. The normalized spacial score (nSPS) is 12.3. The van der Waals surface area contributed by atoms with Gasteiger partial charge in [-0.05, 0) is 41.7 Å². The van der Waals surface area contributed by atoms with Crippen molar-refractivity contribution in [2.24, 2.45) is 0 Å². The van der Waals surface area contributed by atoms with Gasteiger partial charge in [0.05, 0.1) is 0 Å². The number of rotatable bonds is 7. The minimum atomic E-state index is -0.282. The summed E-state index contributed by atoms with van der Waals surface area (Å²) in [5.41, 5.74) is 4.19. The fourth-order valence-corrected chi connectivity index (χ4v) is 3.47. The predicted molar refractivity (Wildman–Crippen MR) is 104 cm³/mol. The molecule has 2 aromatic carbocycles. The van der Waals surface area contributed by atoms with Crippen molar-refractivity contribution in [2.75, 3.05) is 6.54 Å². The Hall–Kier alpha value is -2.62. The third-order valence-corrected chi connectivity index (χ3v) is 4.80. The average molecular weight is 352 g/mol. The molecule has 3 rings (SSSR count). The van der Waals surface area contributed by atoms with Crippen LogP contribution in [-0.4, -0.2) is 17.4 Å². The summed E-state index contributed by atoms with van der Waals surface area (Å²) in [6.07, 6.45) is 4.08. The third-order valence-electron chi connectivity index (χ3n) is 4.80. The number of benzene rings is 2. The fraction of sp³-hybridized carbons (Fsp3) is 0.318. The Morgan fingerprint density at radius 1 is 1.19 bits per heavy atom. The van der Waals surface area contributed by atoms with Gasteiger partial charge < -0.3 is 10.3 Å². The number of H-pyrrole nitrogens is 1. The molecule has 0 aliphatic rings. The lowest BCUT2D eigenvalue weighted by Gasteiger charge is -2.17. The molecule has 0 aliphatic heterocycles. The van der Waals surface area contributed by atoms with Crippen LogP contribution in [0.2, 0.25) is 0 Å². The van der Waals surface area contributed by atoms with E-state index in [4.69, 9.17) is 0 Å². The molecule has 3 aromatic rings. The largest absolute Gasteiger partial charge is 0.361 e. The molecule has 0 saturated heterocycles. The molecule has 0 aliphatic carbocycles. The van der Waals surface area contributed by atoms with Crippen LogP contribution in [0.5, 0.6) is 0 Å². The number of para-hydroxylation sites is 1. The summed E-state index contributed by atoms with van der Waals surface area (Å²) in [5, 5.41) is 4.04. The van der Waals surface area contributed by atoms with Crippen LogP contribution in [0.4, 0.5) is 4.39 Å². The van der Waals surface area contributed by atoms with Gasteiger partial charge in [0, 0.05) is 36.0 Å². The number of aryl methyl sites for hydroxylation is 1. The van der Waals surface area contributed by atoms with Crippen LogP contribution < -0.4 is 5.32 Å². The number of halogens is 1. The van der Waals surface area contributed by atoms with E-state index >= 15 is 0 Å². The molecule has 1 aromatic heterocycles. The molecule has 3 nitrogen and oxygen atoms in total. The molecule has 0 bridgehead atoms. The maximum atomic E-state index is 13.8. The second kappa shape index (κ2) is 8.17. The van der Waals surface area contributed by atoms with Gasteiger partial charge in [-0.3, -0.25) is 4.79 Å². The number of hydrogen-bond donors (Lipinski definition) is 2. The molecule has 4 heteroatoms. The van der Waals surface area contributed by atoms with Crippen LogP contribution in [0, 0.1) is 5.82 Å². The minimum Gasteiger partial charge on any atom is -0.361 e. The van der Waals surface area contributed by atoms with E-state index in [1.54, 1.807) is 6.07 Å². The summed E-state index contributed by atoms with van der Waals surface area (Å²) in [7, 11) is 0. The number of aromatic amines is 1. The summed E-state index contributed by atoms with van der Waals surface area (Å²) in [5.74, 6) is -0.485. The Morgan fingerprint density at radius 3 is 2.73 bits per heavy atom. The van der Waals surface area contributed by atoms with Crippen molar-refractivity contribution in [1.29, 1.82) is 0 Å². The van der Waals surface area contributed by atoms with Crippen molar-refractivity contribution < 1.29 is 9.18 Å². The smallest absolute Gasteiger partial charge is 0.220 e.